The Morgan fingerprint density at radius 2 is 2.35 bits per heavy atom. The molecule has 1 fully saturated rings. The molecule has 0 saturated carbocycles. The van der Waals surface area contributed by atoms with E-state index < -0.39 is 0 Å². The van der Waals surface area contributed by atoms with E-state index in [1.807, 2.05) is 4.90 Å². The second-order valence-electron chi connectivity index (χ2n) is 5.00. The number of aromatic amines is 1. The number of amides is 1. The molecule has 6 nitrogen and oxygen atoms in total. The Bertz CT molecular complexity index is 614. The zero-order valence-corrected chi connectivity index (χ0v) is 12.2. The summed E-state index contributed by atoms with van der Waals surface area (Å²) in [6.45, 7) is 3.00. The largest absolute Gasteiger partial charge is 0.341 e. The van der Waals surface area contributed by atoms with Crippen molar-refractivity contribution < 1.29 is 4.79 Å². The molecule has 0 aromatic carbocycles. The average Bonchev–Trinajstić information content (AvgIpc) is 2.94. The molecule has 20 heavy (non-hydrogen) atoms. The molecule has 106 valence electrons. The van der Waals surface area contributed by atoms with Crippen molar-refractivity contribution in [1.82, 2.24) is 24.8 Å². The molecule has 7 heteroatoms. The van der Waals surface area contributed by atoms with Crippen molar-refractivity contribution in [3.63, 3.8) is 0 Å². The second kappa shape index (κ2) is 5.78. The number of H-pyrrole nitrogens is 1. The van der Waals surface area contributed by atoms with E-state index in [1.165, 1.54) is 24.5 Å². The molecule has 1 N–H and O–H groups in total. The number of rotatable bonds is 3. The fourth-order valence-electron chi connectivity index (χ4n) is 2.53. The van der Waals surface area contributed by atoms with Crippen molar-refractivity contribution in [3.8, 4) is 0 Å². The number of likely N-dealkylation sites (tertiary alicyclic amines) is 1. The summed E-state index contributed by atoms with van der Waals surface area (Å²) < 4.78 is 0. The van der Waals surface area contributed by atoms with E-state index in [1.54, 1.807) is 6.33 Å². The predicted octanol–water partition coefficient (Wildman–Crippen LogP) is 1.85. The number of nitrogens with zero attached hydrogens (tertiary/aromatic N) is 4. The van der Waals surface area contributed by atoms with Gasteiger partial charge in [0.05, 0.1) is 12.1 Å². The number of hydrogen-bond acceptors (Lipinski definition) is 5. The Hall–Kier alpha value is -1.63. The molecule has 1 atom stereocenters. The molecule has 0 radical (unpaired) electrons. The minimum atomic E-state index is 0.188. The van der Waals surface area contributed by atoms with Crippen LogP contribution in [0.4, 0.5) is 0 Å². The summed E-state index contributed by atoms with van der Waals surface area (Å²) in [6, 6.07) is 0.356. The molecule has 1 aliphatic rings. The van der Waals surface area contributed by atoms with Crippen LogP contribution >= 0.6 is 11.8 Å². The van der Waals surface area contributed by atoms with E-state index in [2.05, 4.69) is 26.9 Å². The van der Waals surface area contributed by atoms with Gasteiger partial charge in [0.2, 0.25) is 5.91 Å². The first-order valence-electron chi connectivity index (χ1n) is 6.82. The van der Waals surface area contributed by atoms with Crippen LogP contribution in [0.3, 0.4) is 0 Å². The molecule has 0 aliphatic carbocycles. The first-order valence-corrected chi connectivity index (χ1v) is 7.80. The first kappa shape index (κ1) is 13.4. The Balaban J connectivity index is 1.67. The second-order valence-corrected chi connectivity index (χ2v) is 5.96. The standard InChI is InChI=1S/C13H17N5OS/c1-9-4-2-3-5-18(9)10(19)6-20-13-11-12(15-7-14-11)16-8-17-13/h7-9H,2-6H2,1H3,(H,14,15,16,17). The number of carbonyl (C=O) groups excluding carboxylic acids is 1. The van der Waals surface area contributed by atoms with Crippen LogP contribution in [0, 0.1) is 0 Å². The van der Waals surface area contributed by atoms with Gasteiger partial charge in [-0.05, 0) is 26.2 Å². The summed E-state index contributed by atoms with van der Waals surface area (Å²) in [5.74, 6) is 0.601. The van der Waals surface area contributed by atoms with Crippen LogP contribution in [0.2, 0.25) is 0 Å². The Morgan fingerprint density at radius 3 is 3.20 bits per heavy atom. The summed E-state index contributed by atoms with van der Waals surface area (Å²) in [5, 5.41) is 0.783. The van der Waals surface area contributed by atoms with Gasteiger partial charge in [0, 0.05) is 12.6 Å². The van der Waals surface area contributed by atoms with Crippen molar-refractivity contribution in [2.45, 2.75) is 37.3 Å². The molecule has 2 aromatic rings. The van der Waals surface area contributed by atoms with E-state index in [0.717, 1.165) is 29.9 Å². The van der Waals surface area contributed by atoms with Crippen LogP contribution in [-0.2, 0) is 4.79 Å². The number of thioether (sulfide) groups is 1. The van der Waals surface area contributed by atoms with Gasteiger partial charge in [0.25, 0.3) is 0 Å². The fraction of sp³-hybridized carbons (Fsp3) is 0.538. The van der Waals surface area contributed by atoms with Crippen LogP contribution in [0.15, 0.2) is 17.7 Å². The van der Waals surface area contributed by atoms with Gasteiger partial charge < -0.3 is 9.88 Å². The highest BCUT2D eigenvalue weighted by molar-refractivity contribution is 8.00. The van der Waals surface area contributed by atoms with Crippen molar-refractivity contribution in [2.24, 2.45) is 0 Å². The number of imidazole rings is 1. The Labute approximate surface area is 121 Å². The smallest absolute Gasteiger partial charge is 0.233 e. The molecule has 1 unspecified atom stereocenters. The fourth-order valence-corrected chi connectivity index (χ4v) is 3.38. The van der Waals surface area contributed by atoms with Crippen LogP contribution in [0.25, 0.3) is 11.2 Å². The maximum Gasteiger partial charge on any atom is 0.233 e. The van der Waals surface area contributed by atoms with Gasteiger partial charge in [-0.25, -0.2) is 15.0 Å². The molecule has 3 rings (SSSR count). The third kappa shape index (κ3) is 2.63. The third-order valence-corrected chi connectivity index (χ3v) is 4.62. The monoisotopic (exact) mass is 291 g/mol. The van der Waals surface area contributed by atoms with Crippen molar-refractivity contribution >= 4 is 28.8 Å². The number of piperidine rings is 1. The lowest BCUT2D eigenvalue weighted by Gasteiger charge is -2.33. The lowest BCUT2D eigenvalue weighted by atomic mass is 10.0. The van der Waals surface area contributed by atoms with Crippen LogP contribution in [0.1, 0.15) is 26.2 Å². The number of hydrogen-bond donors (Lipinski definition) is 1. The SMILES string of the molecule is CC1CCCCN1C(=O)CSc1ncnc2nc[nH]c12. The highest BCUT2D eigenvalue weighted by Gasteiger charge is 2.23. The summed E-state index contributed by atoms with van der Waals surface area (Å²) in [6.07, 6.45) is 6.52. The molecule has 3 heterocycles. The molecule has 0 bridgehead atoms. The number of carbonyl (C=O) groups is 1. The van der Waals surface area contributed by atoms with Gasteiger partial charge in [-0.1, -0.05) is 11.8 Å². The molecule has 1 saturated heterocycles. The van der Waals surface area contributed by atoms with E-state index in [0.29, 0.717) is 17.4 Å². The summed E-state index contributed by atoms with van der Waals surface area (Å²) >= 11 is 1.44. The minimum Gasteiger partial charge on any atom is -0.341 e. The van der Waals surface area contributed by atoms with Gasteiger partial charge in [-0.3, -0.25) is 4.79 Å². The zero-order chi connectivity index (χ0) is 13.9. The summed E-state index contributed by atoms with van der Waals surface area (Å²) in [5.41, 5.74) is 1.44. The molecule has 1 aliphatic heterocycles. The molecular formula is C13H17N5OS. The van der Waals surface area contributed by atoms with Gasteiger partial charge >= 0.3 is 0 Å². The maximum absolute atomic E-state index is 12.3. The zero-order valence-electron chi connectivity index (χ0n) is 11.4. The van der Waals surface area contributed by atoms with Crippen LogP contribution < -0.4 is 0 Å². The van der Waals surface area contributed by atoms with Crippen LogP contribution in [0.5, 0.6) is 0 Å². The van der Waals surface area contributed by atoms with Gasteiger partial charge in [-0.2, -0.15) is 0 Å². The van der Waals surface area contributed by atoms with Crippen LogP contribution in [-0.4, -0.2) is 49.1 Å². The van der Waals surface area contributed by atoms with Crippen molar-refractivity contribution in [2.75, 3.05) is 12.3 Å². The topological polar surface area (TPSA) is 74.8 Å². The summed E-state index contributed by atoms with van der Waals surface area (Å²) in [4.78, 5) is 29.7. The highest BCUT2D eigenvalue weighted by atomic mass is 32.2. The van der Waals surface area contributed by atoms with Gasteiger partial charge in [0.15, 0.2) is 5.65 Å². The lowest BCUT2D eigenvalue weighted by Crippen LogP contribution is -2.42. The van der Waals surface area contributed by atoms with Crippen molar-refractivity contribution in [3.05, 3.63) is 12.7 Å². The third-order valence-electron chi connectivity index (χ3n) is 3.64. The predicted molar refractivity (Wildman–Crippen MR) is 77.4 cm³/mol. The van der Waals surface area contributed by atoms with E-state index in [-0.39, 0.29) is 5.91 Å². The van der Waals surface area contributed by atoms with E-state index in [4.69, 9.17) is 0 Å². The van der Waals surface area contributed by atoms with Crippen molar-refractivity contribution in [1.29, 1.82) is 0 Å². The minimum absolute atomic E-state index is 0.188. The molecule has 1 amide bonds. The summed E-state index contributed by atoms with van der Waals surface area (Å²) in [7, 11) is 0. The van der Waals surface area contributed by atoms with Gasteiger partial charge in [0.1, 0.15) is 16.9 Å². The Kier molecular flexibility index (Phi) is 3.86. The van der Waals surface area contributed by atoms with Gasteiger partial charge in [-0.15, -0.1) is 0 Å². The lowest BCUT2D eigenvalue weighted by molar-refractivity contribution is -0.131. The maximum atomic E-state index is 12.3. The van der Waals surface area contributed by atoms with E-state index in [9.17, 15) is 4.79 Å². The number of aromatic nitrogens is 4. The average molecular weight is 291 g/mol. The van der Waals surface area contributed by atoms with E-state index >= 15 is 0 Å². The molecule has 2 aromatic heterocycles. The quantitative estimate of drug-likeness (QED) is 0.690. The molecular weight excluding hydrogens is 274 g/mol. The molecule has 0 spiro atoms. The number of fused-ring (bicyclic) bond motifs is 1. The first-order chi connectivity index (χ1) is 9.75. The normalized spacial score (nSPS) is 19.4. The Morgan fingerprint density at radius 1 is 1.45 bits per heavy atom. The number of nitrogens with one attached hydrogen (secondary N) is 1. The highest BCUT2D eigenvalue weighted by Crippen LogP contribution is 2.23.